The zero-order chi connectivity index (χ0) is 25.4. The van der Waals surface area contributed by atoms with Gasteiger partial charge in [0.05, 0.1) is 19.3 Å². The van der Waals surface area contributed by atoms with Gasteiger partial charge in [-0.2, -0.15) is 0 Å². The minimum Gasteiger partial charge on any atom is -0.497 e. The molecule has 1 aliphatic rings. The van der Waals surface area contributed by atoms with Gasteiger partial charge in [-0.05, 0) is 49.9 Å². The maximum absolute atomic E-state index is 13.1. The average Bonchev–Trinajstić information content (AvgIpc) is 3.13. The van der Waals surface area contributed by atoms with Crippen molar-refractivity contribution in [3.05, 3.63) is 36.4 Å². The van der Waals surface area contributed by atoms with Gasteiger partial charge in [-0.3, -0.25) is 9.59 Å². The zero-order valence-electron chi connectivity index (χ0n) is 21.7. The number of aromatic nitrogens is 2. The molecule has 0 saturated carbocycles. The van der Waals surface area contributed by atoms with E-state index in [1.165, 1.54) is 0 Å². The maximum atomic E-state index is 13.1. The first kappa shape index (κ1) is 26.4. The Morgan fingerprint density at radius 2 is 1.86 bits per heavy atom. The lowest BCUT2D eigenvalue weighted by Crippen LogP contribution is -2.47. The second kappa shape index (κ2) is 12.5. The van der Waals surface area contributed by atoms with Crippen molar-refractivity contribution < 1.29 is 14.3 Å². The van der Waals surface area contributed by atoms with E-state index in [2.05, 4.69) is 22.0 Å². The summed E-state index contributed by atoms with van der Waals surface area (Å²) in [5.74, 6) is 1.93. The Morgan fingerprint density at radius 1 is 1.06 bits per heavy atom. The number of anilines is 1. The second-order valence-corrected chi connectivity index (χ2v) is 9.61. The molecular weight excluding hydrogens is 442 g/mol. The molecule has 35 heavy (non-hydrogen) atoms. The molecule has 2 heterocycles. The molecule has 0 aliphatic carbocycles. The van der Waals surface area contributed by atoms with E-state index < -0.39 is 0 Å². The summed E-state index contributed by atoms with van der Waals surface area (Å²) < 4.78 is 5.30. The van der Waals surface area contributed by atoms with Gasteiger partial charge in [-0.25, -0.2) is 0 Å². The Morgan fingerprint density at radius 3 is 2.51 bits per heavy atom. The molecule has 0 bridgehead atoms. The van der Waals surface area contributed by atoms with Crippen molar-refractivity contribution in [3.63, 3.8) is 0 Å². The van der Waals surface area contributed by atoms with Gasteiger partial charge in [0.2, 0.25) is 11.8 Å². The lowest BCUT2D eigenvalue weighted by Gasteiger charge is -2.31. The van der Waals surface area contributed by atoms with E-state index in [0.717, 1.165) is 42.2 Å². The summed E-state index contributed by atoms with van der Waals surface area (Å²) in [7, 11) is 1.65. The molecule has 1 atom stereocenters. The van der Waals surface area contributed by atoms with Gasteiger partial charge in [0.1, 0.15) is 5.75 Å². The van der Waals surface area contributed by atoms with Gasteiger partial charge < -0.3 is 19.4 Å². The molecule has 8 nitrogen and oxygen atoms in total. The Bertz CT molecular complexity index is 979. The summed E-state index contributed by atoms with van der Waals surface area (Å²) in [5, 5.41) is 8.88. The van der Waals surface area contributed by atoms with Gasteiger partial charge in [-0.1, -0.05) is 32.9 Å². The van der Waals surface area contributed by atoms with Crippen LogP contribution in [-0.4, -0.2) is 77.7 Å². The van der Waals surface area contributed by atoms with Crippen molar-refractivity contribution in [2.24, 2.45) is 5.92 Å². The molecule has 8 heteroatoms. The Kier molecular flexibility index (Phi) is 9.46. The molecule has 1 saturated heterocycles. The average molecular weight is 482 g/mol. The van der Waals surface area contributed by atoms with Gasteiger partial charge in [-0.15, -0.1) is 10.2 Å². The standard InChI is InChI=1S/C27H39N5O3/c1-6-21(4)32(26(33)17-20(2)3)19-27(34)31-14-8-13-30(15-16-31)25-12-11-24(28-29-25)22-9-7-10-23(18-22)35-5/h7,9-12,18,20-21H,6,8,13-17,19H2,1-5H3/t21-/m0/s1. The number of methoxy groups -OCH3 is 1. The normalized spacial score (nSPS) is 15.0. The van der Waals surface area contributed by atoms with E-state index in [0.29, 0.717) is 26.1 Å². The minimum absolute atomic E-state index is 0.0173. The van der Waals surface area contributed by atoms with Crippen LogP contribution in [0.3, 0.4) is 0 Å². The third-order valence-corrected chi connectivity index (χ3v) is 6.52. The fraction of sp³-hybridized carbons (Fsp3) is 0.556. The summed E-state index contributed by atoms with van der Waals surface area (Å²) in [4.78, 5) is 31.7. The fourth-order valence-corrected chi connectivity index (χ4v) is 4.25. The Balaban J connectivity index is 1.62. The van der Waals surface area contributed by atoms with Crippen LogP contribution in [0.25, 0.3) is 11.3 Å². The van der Waals surface area contributed by atoms with E-state index in [-0.39, 0.29) is 30.3 Å². The molecule has 1 fully saturated rings. The van der Waals surface area contributed by atoms with Gasteiger partial charge in [0.15, 0.2) is 5.82 Å². The van der Waals surface area contributed by atoms with E-state index >= 15 is 0 Å². The summed E-state index contributed by atoms with van der Waals surface area (Å²) in [6.07, 6.45) is 2.14. The Labute approximate surface area is 209 Å². The number of carbonyl (C=O) groups is 2. The predicted octanol–water partition coefficient (Wildman–Crippen LogP) is 3.86. The number of hydrogen-bond donors (Lipinski definition) is 0. The van der Waals surface area contributed by atoms with Crippen molar-refractivity contribution in [2.75, 3.05) is 44.7 Å². The van der Waals surface area contributed by atoms with E-state index in [4.69, 9.17) is 4.74 Å². The number of rotatable bonds is 9. The second-order valence-electron chi connectivity index (χ2n) is 9.61. The fourth-order valence-electron chi connectivity index (χ4n) is 4.25. The molecule has 0 N–H and O–H groups in total. The first-order valence-electron chi connectivity index (χ1n) is 12.6. The van der Waals surface area contributed by atoms with E-state index in [1.54, 1.807) is 12.0 Å². The molecule has 190 valence electrons. The van der Waals surface area contributed by atoms with Crippen molar-refractivity contribution in [3.8, 4) is 17.0 Å². The minimum atomic E-state index is 0.0173. The monoisotopic (exact) mass is 481 g/mol. The van der Waals surface area contributed by atoms with E-state index in [9.17, 15) is 9.59 Å². The van der Waals surface area contributed by atoms with Crippen LogP contribution in [-0.2, 0) is 9.59 Å². The highest BCUT2D eigenvalue weighted by Crippen LogP contribution is 2.23. The summed E-state index contributed by atoms with van der Waals surface area (Å²) >= 11 is 0. The molecular formula is C27H39N5O3. The first-order valence-corrected chi connectivity index (χ1v) is 12.6. The molecule has 2 aromatic rings. The van der Waals surface area contributed by atoms with Crippen LogP contribution in [0.4, 0.5) is 5.82 Å². The van der Waals surface area contributed by atoms with Crippen molar-refractivity contribution in [1.82, 2.24) is 20.0 Å². The van der Waals surface area contributed by atoms with Gasteiger partial charge >= 0.3 is 0 Å². The number of hydrogen-bond acceptors (Lipinski definition) is 6. The number of carbonyl (C=O) groups excluding carboxylic acids is 2. The smallest absolute Gasteiger partial charge is 0.242 e. The van der Waals surface area contributed by atoms with Crippen LogP contribution in [0.15, 0.2) is 36.4 Å². The van der Waals surface area contributed by atoms with E-state index in [1.807, 2.05) is 62.1 Å². The molecule has 0 spiro atoms. The number of benzene rings is 1. The summed E-state index contributed by atoms with van der Waals surface area (Å²) in [6, 6.07) is 11.8. The molecule has 1 aromatic carbocycles. The molecule has 1 aromatic heterocycles. The van der Waals surface area contributed by atoms with Crippen LogP contribution in [0.5, 0.6) is 5.75 Å². The first-order chi connectivity index (χ1) is 16.8. The SMILES string of the molecule is CC[C@H](C)N(CC(=O)N1CCCN(c2ccc(-c3cccc(OC)c3)nn2)CC1)C(=O)CC(C)C. The lowest BCUT2D eigenvalue weighted by atomic mass is 10.1. The number of nitrogens with zero attached hydrogens (tertiary/aromatic N) is 5. The Hall–Kier alpha value is -3.16. The lowest BCUT2D eigenvalue weighted by molar-refractivity contribution is -0.142. The van der Waals surface area contributed by atoms with Crippen LogP contribution < -0.4 is 9.64 Å². The largest absolute Gasteiger partial charge is 0.497 e. The highest BCUT2D eigenvalue weighted by atomic mass is 16.5. The predicted molar refractivity (Wildman–Crippen MR) is 138 cm³/mol. The van der Waals surface area contributed by atoms with Crippen LogP contribution >= 0.6 is 0 Å². The van der Waals surface area contributed by atoms with Crippen LogP contribution in [0.2, 0.25) is 0 Å². The van der Waals surface area contributed by atoms with Crippen LogP contribution in [0.1, 0.15) is 47.0 Å². The number of ether oxygens (including phenoxy) is 1. The highest BCUT2D eigenvalue weighted by molar-refractivity contribution is 5.85. The van der Waals surface area contributed by atoms with Crippen molar-refractivity contribution in [2.45, 2.75) is 53.0 Å². The highest BCUT2D eigenvalue weighted by Gasteiger charge is 2.26. The summed E-state index contributed by atoms with van der Waals surface area (Å²) in [5.41, 5.74) is 1.74. The molecule has 0 radical (unpaired) electrons. The van der Waals surface area contributed by atoms with Gasteiger partial charge in [0, 0.05) is 44.2 Å². The molecule has 2 amide bonds. The summed E-state index contributed by atoms with van der Waals surface area (Å²) in [6.45, 7) is 11.0. The molecule has 1 aliphatic heterocycles. The maximum Gasteiger partial charge on any atom is 0.242 e. The molecule has 3 rings (SSSR count). The van der Waals surface area contributed by atoms with Crippen molar-refractivity contribution >= 4 is 17.6 Å². The number of amides is 2. The quantitative estimate of drug-likeness (QED) is 0.541. The third-order valence-electron chi connectivity index (χ3n) is 6.52. The van der Waals surface area contributed by atoms with Crippen molar-refractivity contribution in [1.29, 1.82) is 0 Å². The molecule has 0 unspecified atom stereocenters. The van der Waals surface area contributed by atoms with Crippen LogP contribution in [0, 0.1) is 5.92 Å². The zero-order valence-corrected chi connectivity index (χ0v) is 21.7. The van der Waals surface area contributed by atoms with Gasteiger partial charge in [0.25, 0.3) is 0 Å². The third kappa shape index (κ3) is 7.16. The topological polar surface area (TPSA) is 78.9 Å².